The van der Waals surface area contributed by atoms with Crippen molar-refractivity contribution in [3.8, 4) is 0 Å². The van der Waals surface area contributed by atoms with Crippen LogP contribution in [-0.4, -0.2) is 65.1 Å². The highest BCUT2D eigenvalue weighted by atomic mass is 16.3. The molecule has 1 aliphatic carbocycles. The van der Waals surface area contributed by atoms with Gasteiger partial charge in [0.1, 0.15) is 0 Å². The Morgan fingerprint density at radius 1 is 1.11 bits per heavy atom. The molecular weight excluding hydrogens is 352 g/mol. The Morgan fingerprint density at radius 3 is 2.61 bits per heavy atom. The maximum atomic E-state index is 12.9. The third-order valence-electron chi connectivity index (χ3n) is 5.89. The normalized spacial score (nSPS) is 20.3. The van der Waals surface area contributed by atoms with Crippen molar-refractivity contribution in [1.29, 1.82) is 0 Å². The van der Waals surface area contributed by atoms with E-state index in [1.54, 1.807) is 0 Å². The van der Waals surface area contributed by atoms with Crippen molar-refractivity contribution in [3.05, 3.63) is 52.3 Å². The Kier molecular flexibility index (Phi) is 5.42. The third-order valence-corrected chi connectivity index (χ3v) is 5.89. The number of aliphatic hydroxyl groups is 1. The van der Waals surface area contributed by atoms with Crippen molar-refractivity contribution in [2.24, 2.45) is 0 Å². The molecule has 2 aromatic rings. The van der Waals surface area contributed by atoms with Crippen LogP contribution in [0.15, 0.2) is 24.3 Å². The van der Waals surface area contributed by atoms with Crippen molar-refractivity contribution in [2.45, 2.75) is 32.6 Å². The number of piperazine rings is 1. The van der Waals surface area contributed by atoms with Crippen molar-refractivity contribution in [2.75, 3.05) is 44.2 Å². The van der Waals surface area contributed by atoms with E-state index in [9.17, 15) is 4.79 Å². The summed E-state index contributed by atoms with van der Waals surface area (Å²) in [5.41, 5.74) is 4.85. The summed E-state index contributed by atoms with van der Waals surface area (Å²) in [7, 11) is 0. The average molecular weight is 380 g/mol. The van der Waals surface area contributed by atoms with Crippen LogP contribution in [0.5, 0.6) is 0 Å². The van der Waals surface area contributed by atoms with Gasteiger partial charge in [0.2, 0.25) is 5.95 Å². The van der Waals surface area contributed by atoms with Crippen LogP contribution < -0.4 is 4.90 Å². The van der Waals surface area contributed by atoms with Gasteiger partial charge in [0, 0.05) is 39.1 Å². The summed E-state index contributed by atoms with van der Waals surface area (Å²) < 4.78 is 0. The molecule has 2 heterocycles. The van der Waals surface area contributed by atoms with Crippen molar-refractivity contribution < 1.29 is 9.90 Å². The second-order valence-electron chi connectivity index (χ2n) is 7.93. The molecule has 0 spiro atoms. The fraction of sp³-hybridized carbons (Fsp3) is 0.500. The summed E-state index contributed by atoms with van der Waals surface area (Å²) in [6.07, 6.45) is 1.31. The van der Waals surface area contributed by atoms with E-state index in [0.717, 1.165) is 55.5 Å². The van der Waals surface area contributed by atoms with Gasteiger partial charge in [0.15, 0.2) is 5.78 Å². The molecule has 0 radical (unpaired) electrons. The van der Waals surface area contributed by atoms with Crippen LogP contribution in [0.1, 0.15) is 45.2 Å². The number of aryl methyl sites for hydroxylation is 2. The van der Waals surface area contributed by atoms with Crippen molar-refractivity contribution in [3.63, 3.8) is 0 Å². The lowest BCUT2D eigenvalue weighted by Gasteiger charge is -2.35. The first kappa shape index (κ1) is 19.0. The summed E-state index contributed by atoms with van der Waals surface area (Å²) in [6.45, 7) is 8.39. The molecule has 0 bridgehead atoms. The Morgan fingerprint density at radius 2 is 1.89 bits per heavy atom. The van der Waals surface area contributed by atoms with Crippen LogP contribution in [0.4, 0.5) is 5.95 Å². The van der Waals surface area contributed by atoms with Gasteiger partial charge in [-0.25, -0.2) is 9.97 Å². The van der Waals surface area contributed by atoms with Gasteiger partial charge in [-0.3, -0.25) is 9.69 Å². The Labute approximate surface area is 166 Å². The minimum absolute atomic E-state index is 0.157. The summed E-state index contributed by atoms with van der Waals surface area (Å²) >= 11 is 0. The number of β-amino-alcohol motifs (C(OH)–C–C–N with tert-alkyl or cyclic N) is 1. The highest BCUT2D eigenvalue weighted by molar-refractivity contribution is 5.99. The number of fused-ring (bicyclic) bond motifs is 1. The van der Waals surface area contributed by atoms with Gasteiger partial charge in [-0.1, -0.05) is 29.8 Å². The summed E-state index contributed by atoms with van der Waals surface area (Å²) in [4.78, 5) is 26.8. The van der Waals surface area contributed by atoms with Crippen molar-refractivity contribution in [1.82, 2.24) is 14.9 Å². The molecule has 4 rings (SSSR count). The molecule has 1 aliphatic heterocycles. The van der Waals surface area contributed by atoms with E-state index in [-0.39, 0.29) is 18.3 Å². The number of rotatable bonds is 4. The molecule has 0 amide bonds. The second kappa shape index (κ2) is 7.97. The monoisotopic (exact) mass is 380 g/mol. The van der Waals surface area contributed by atoms with Crippen LogP contribution in [0.3, 0.4) is 0 Å². The molecule has 1 aromatic heterocycles. The third kappa shape index (κ3) is 3.80. The van der Waals surface area contributed by atoms with Crippen LogP contribution >= 0.6 is 0 Å². The first-order valence-electron chi connectivity index (χ1n) is 10.1. The van der Waals surface area contributed by atoms with Gasteiger partial charge >= 0.3 is 0 Å². The van der Waals surface area contributed by atoms with E-state index < -0.39 is 0 Å². The van der Waals surface area contributed by atoms with Gasteiger partial charge in [-0.05, 0) is 31.7 Å². The number of ketones is 1. The zero-order valence-corrected chi connectivity index (χ0v) is 16.7. The number of carbonyl (C=O) groups is 1. The van der Waals surface area contributed by atoms with Crippen LogP contribution in [0, 0.1) is 13.8 Å². The smallest absolute Gasteiger partial charge is 0.225 e. The van der Waals surface area contributed by atoms with Gasteiger partial charge in [0.25, 0.3) is 0 Å². The quantitative estimate of drug-likeness (QED) is 0.876. The number of Topliss-reactive ketones (excluding diaryl/α,β-unsaturated/α-hetero) is 1. The maximum absolute atomic E-state index is 12.9. The van der Waals surface area contributed by atoms with E-state index in [2.05, 4.69) is 46.0 Å². The fourth-order valence-electron chi connectivity index (χ4n) is 4.37. The molecule has 6 heteroatoms. The lowest BCUT2D eigenvalue weighted by Crippen LogP contribution is -2.48. The molecular formula is C22H28N4O2. The van der Waals surface area contributed by atoms with E-state index in [4.69, 9.17) is 10.1 Å². The van der Waals surface area contributed by atoms with Crippen LogP contribution in [-0.2, 0) is 6.42 Å². The number of aromatic nitrogens is 2. The SMILES string of the molecule is Cc1cccc([C@@H]2CC(=O)c3c(C)nc(N4CCN(CCO)CC4)nc3C2)c1. The summed E-state index contributed by atoms with van der Waals surface area (Å²) in [5.74, 6) is 1.07. The second-order valence-corrected chi connectivity index (χ2v) is 7.93. The Bertz CT molecular complexity index is 875. The molecule has 2 aliphatic rings. The van der Waals surface area contributed by atoms with E-state index in [1.807, 2.05) is 6.92 Å². The molecule has 148 valence electrons. The van der Waals surface area contributed by atoms with E-state index >= 15 is 0 Å². The Hall–Kier alpha value is -2.31. The number of nitrogens with zero attached hydrogens (tertiary/aromatic N) is 4. The highest BCUT2D eigenvalue weighted by Gasteiger charge is 2.31. The molecule has 1 fully saturated rings. The van der Waals surface area contributed by atoms with Gasteiger partial charge < -0.3 is 10.0 Å². The first-order valence-corrected chi connectivity index (χ1v) is 10.1. The number of anilines is 1. The number of aliphatic hydroxyl groups excluding tert-OH is 1. The van der Waals surface area contributed by atoms with Gasteiger partial charge in [-0.2, -0.15) is 0 Å². The van der Waals surface area contributed by atoms with Gasteiger partial charge in [-0.15, -0.1) is 0 Å². The lowest BCUT2D eigenvalue weighted by molar-refractivity contribution is 0.0962. The zero-order chi connectivity index (χ0) is 19.7. The van der Waals surface area contributed by atoms with E-state index in [1.165, 1.54) is 11.1 Å². The topological polar surface area (TPSA) is 69.6 Å². The highest BCUT2D eigenvalue weighted by Crippen LogP contribution is 2.34. The average Bonchev–Trinajstić information content (AvgIpc) is 2.68. The predicted octanol–water partition coefficient (Wildman–Crippen LogP) is 2.12. The number of carbonyl (C=O) groups excluding carboxylic acids is 1. The van der Waals surface area contributed by atoms with Crippen LogP contribution in [0.25, 0.3) is 0 Å². The number of hydrogen-bond donors (Lipinski definition) is 1. The first-order chi connectivity index (χ1) is 13.5. The fourth-order valence-corrected chi connectivity index (χ4v) is 4.37. The molecule has 28 heavy (non-hydrogen) atoms. The predicted molar refractivity (Wildman–Crippen MR) is 109 cm³/mol. The zero-order valence-electron chi connectivity index (χ0n) is 16.7. The molecule has 1 aromatic carbocycles. The lowest BCUT2D eigenvalue weighted by atomic mass is 9.81. The molecule has 1 atom stereocenters. The van der Waals surface area contributed by atoms with Crippen LogP contribution in [0.2, 0.25) is 0 Å². The maximum Gasteiger partial charge on any atom is 0.225 e. The molecule has 0 saturated carbocycles. The molecule has 0 unspecified atom stereocenters. The van der Waals surface area contributed by atoms with Gasteiger partial charge in [0.05, 0.1) is 23.6 Å². The van der Waals surface area contributed by atoms with E-state index in [0.29, 0.717) is 13.0 Å². The standard InChI is InChI=1S/C22H28N4O2/c1-15-4-3-5-17(12-15)18-13-19-21(20(28)14-18)16(2)23-22(24-19)26-8-6-25(7-9-26)10-11-27/h3-5,12,18,27H,6-11,13-14H2,1-2H3/t18-/m0/s1. The Balaban J connectivity index is 1.58. The minimum atomic E-state index is 0.157. The summed E-state index contributed by atoms with van der Waals surface area (Å²) in [6, 6.07) is 8.44. The minimum Gasteiger partial charge on any atom is -0.395 e. The largest absolute Gasteiger partial charge is 0.395 e. The molecule has 6 nitrogen and oxygen atoms in total. The molecule has 1 N–H and O–H groups in total. The van der Waals surface area contributed by atoms with Crippen molar-refractivity contribution >= 4 is 11.7 Å². The summed E-state index contributed by atoms with van der Waals surface area (Å²) in [5, 5.41) is 9.12. The molecule has 1 saturated heterocycles. The number of benzene rings is 1. The number of hydrogen-bond acceptors (Lipinski definition) is 6.